The number of hydrogen-bond acceptors (Lipinski definition) is 6. The van der Waals surface area contributed by atoms with Gasteiger partial charge in [0, 0.05) is 62.9 Å². The van der Waals surface area contributed by atoms with Crippen molar-refractivity contribution in [2.45, 2.75) is 12.8 Å². The summed E-state index contributed by atoms with van der Waals surface area (Å²) in [5.74, 6) is -0.268. The predicted octanol–water partition coefficient (Wildman–Crippen LogP) is 3.91. The smallest absolute Gasteiger partial charge is 0.258 e. The molecule has 3 aromatic rings. The number of nitrogens with one attached hydrogen (secondary N) is 1. The molecule has 0 unspecified atom stereocenters. The standard InChI is InChI=1S/C29H33N5O3/c35-28(24-6-3-13-30-22-24)31-25-11-9-23(10-12-25)29(36)34-17-5-16-33(26-7-1-2-8-27(26)34)15-4-14-32-18-20-37-21-19-32/h1-3,6-13,22H,4-5,14-21H2,(H,31,35). The van der Waals surface area contributed by atoms with Gasteiger partial charge in [-0.2, -0.15) is 0 Å². The lowest BCUT2D eigenvalue weighted by atomic mass is 10.1. The second kappa shape index (κ2) is 12.0. The van der Waals surface area contributed by atoms with E-state index in [1.165, 1.54) is 6.20 Å². The number of anilines is 3. The quantitative estimate of drug-likeness (QED) is 0.531. The molecule has 0 atom stereocenters. The van der Waals surface area contributed by atoms with E-state index in [0.29, 0.717) is 23.4 Å². The van der Waals surface area contributed by atoms with Gasteiger partial charge in [0.05, 0.1) is 30.2 Å². The minimum Gasteiger partial charge on any atom is -0.379 e. The number of ether oxygens (including phenoxy) is 1. The first kappa shape index (κ1) is 24.9. The van der Waals surface area contributed by atoms with E-state index in [-0.39, 0.29) is 11.8 Å². The van der Waals surface area contributed by atoms with Crippen molar-refractivity contribution < 1.29 is 14.3 Å². The molecule has 1 saturated heterocycles. The van der Waals surface area contributed by atoms with Gasteiger partial charge < -0.3 is 19.9 Å². The zero-order chi connectivity index (χ0) is 25.5. The molecule has 0 bridgehead atoms. The van der Waals surface area contributed by atoms with E-state index in [2.05, 4.69) is 26.2 Å². The molecule has 1 aromatic heterocycles. The van der Waals surface area contributed by atoms with E-state index in [9.17, 15) is 9.59 Å². The summed E-state index contributed by atoms with van der Waals surface area (Å²) < 4.78 is 5.46. The van der Waals surface area contributed by atoms with Crippen LogP contribution < -0.4 is 15.1 Å². The minimum atomic E-state index is -0.234. The fourth-order valence-electron chi connectivity index (χ4n) is 4.93. The molecule has 0 saturated carbocycles. The van der Waals surface area contributed by atoms with Crippen LogP contribution in [0.3, 0.4) is 0 Å². The molecule has 2 aromatic carbocycles. The number of hydrogen-bond donors (Lipinski definition) is 1. The van der Waals surface area contributed by atoms with Crippen LogP contribution in [0.2, 0.25) is 0 Å². The molecule has 0 aliphatic carbocycles. The zero-order valence-corrected chi connectivity index (χ0v) is 21.0. The van der Waals surface area contributed by atoms with Crippen LogP contribution in [0.4, 0.5) is 17.1 Å². The number of nitrogens with zero attached hydrogens (tertiary/aromatic N) is 4. The molecule has 1 fully saturated rings. The summed E-state index contributed by atoms with van der Waals surface area (Å²) in [5.41, 5.74) is 3.77. The Morgan fingerprint density at radius 3 is 2.38 bits per heavy atom. The van der Waals surface area contributed by atoms with E-state index in [1.54, 1.807) is 42.6 Å². The molecule has 1 N–H and O–H groups in total. The number of morpholine rings is 1. The van der Waals surface area contributed by atoms with Gasteiger partial charge >= 0.3 is 0 Å². The molecule has 37 heavy (non-hydrogen) atoms. The SMILES string of the molecule is O=C(Nc1ccc(C(=O)N2CCCN(CCCN3CCOCC3)c3ccccc32)cc1)c1cccnc1. The number of aromatic nitrogens is 1. The number of amides is 2. The summed E-state index contributed by atoms with van der Waals surface area (Å²) >= 11 is 0. The number of pyridine rings is 1. The Hall–Kier alpha value is -3.75. The Morgan fingerprint density at radius 1 is 0.838 bits per heavy atom. The van der Waals surface area contributed by atoms with Crippen LogP contribution in [-0.2, 0) is 4.74 Å². The van der Waals surface area contributed by atoms with Gasteiger partial charge in [-0.25, -0.2) is 0 Å². The molecule has 2 aliphatic rings. The highest BCUT2D eigenvalue weighted by atomic mass is 16.5. The van der Waals surface area contributed by atoms with Gasteiger partial charge in [-0.05, 0) is 61.4 Å². The van der Waals surface area contributed by atoms with Crippen molar-refractivity contribution in [3.8, 4) is 0 Å². The van der Waals surface area contributed by atoms with Gasteiger partial charge in [-0.15, -0.1) is 0 Å². The molecule has 8 heteroatoms. The molecule has 8 nitrogen and oxygen atoms in total. The average Bonchev–Trinajstić information content (AvgIpc) is 3.14. The van der Waals surface area contributed by atoms with Crippen molar-refractivity contribution in [2.24, 2.45) is 0 Å². The first-order valence-electron chi connectivity index (χ1n) is 13.0. The molecule has 5 rings (SSSR count). The second-order valence-corrected chi connectivity index (χ2v) is 9.37. The van der Waals surface area contributed by atoms with Crippen LogP contribution in [0.25, 0.3) is 0 Å². The van der Waals surface area contributed by atoms with Crippen LogP contribution in [0.15, 0.2) is 73.1 Å². The van der Waals surface area contributed by atoms with Gasteiger partial charge in [0.15, 0.2) is 0 Å². The van der Waals surface area contributed by atoms with E-state index in [0.717, 1.165) is 70.2 Å². The molecule has 2 amide bonds. The molecule has 2 aliphatic heterocycles. The number of fused-ring (bicyclic) bond motifs is 1. The van der Waals surface area contributed by atoms with Crippen LogP contribution in [0.5, 0.6) is 0 Å². The van der Waals surface area contributed by atoms with E-state index in [1.807, 2.05) is 23.1 Å². The van der Waals surface area contributed by atoms with Crippen LogP contribution in [0, 0.1) is 0 Å². The summed E-state index contributed by atoms with van der Waals surface area (Å²) in [4.78, 5) is 36.8. The lowest BCUT2D eigenvalue weighted by Crippen LogP contribution is -2.38. The number of benzene rings is 2. The third kappa shape index (κ3) is 6.15. The number of rotatable bonds is 7. The molecular formula is C29H33N5O3. The van der Waals surface area contributed by atoms with E-state index in [4.69, 9.17) is 4.74 Å². The monoisotopic (exact) mass is 499 g/mol. The molecule has 0 spiro atoms. The van der Waals surface area contributed by atoms with E-state index >= 15 is 0 Å². The highest BCUT2D eigenvalue weighted by Gasteiger charge is 2.25. The molecule has 192 valence electrons. The fraction of sp³-hybridized carbons (Fsp3) is 0.345. The van der Waals surface area contributed by atoms with Crippen molar-refractivity contribution in [3.63, 3.8) is 0 Å². The highest BCUT2D eigenvalue weighted by Crippen LogP contribution is 2.33. The topological polar surface area (TPSA) is 78.0 Å². The third-order valence-corrected chi connectivity index (χ3v) is 6.89. The minimum absolute atomic E-state index is 0.0345. The Morgan fingerprint density at radius 2 is 1.62 bits per heavy atom. The summed E-state index contributed by atoms with van der Waals surface area (Å²) in [7, 11) is 0. The third-order valence-electron chi connectivity index (χ3n) is 6.89. The van der Waals surface area contributed by atoms with Crippen molar-refractivity contribution in [1.82, 2.24) is 9.88 Å². The molecule has 3 heterocycles. The average molecular weight is 500 g/mol. The second-order valence-electron chi connectivity index (χ2n) is 9.37. The summed E-state index contributed by atoms with van der Waals surface area (Å²) in [6.07, 6.45) is 5.13. The van der Waals surface area contributed by atoms with Crippen molar-refractivity contribution >= 4 is 28.9 Å². The van der Waals surface area contributed by atoms with Crippen molar-refractivity contribution in [3.05, 3.63) is 84.2 Å². The largest absolute Gasteiger partial charge is 0.379 e. The Kier molecular flexibility index (Phi) is 8.08. The lowest BCUT2D eigenvalue weighted by Gasteiger charge is -2.29. The number of para-hydroxylation sites is 2. The summed E-state index contributed by atoms with van der Waals surface area (Å²) in [6.45, 7) is 7.26. The Bertz CT molecular complexity index is 1200. The summed E-state index contributed by atoms with van der Waals surface area (Å²) in [5, 5.41) is 2.86. The van der Waals surface area contributed by atoms with Crippen LogP contribution in [0.1, 0.15) is 33.6 Å². The van der Waals surface area contributed by atoms with Crippen LogP contribution in [-0.4, -0.2) is 74.2 Å². The maximum Gasteiger partial charge on any atom is 0.258 e. The van der Waals surface area contributed by atoms with Crippen LogP contribution >= 0.6 is 0 Å². The summed E-state index contributed by atoms with van der Waals surface area (Å²) in [6, 6.07) is 18.7. The first-order valence-corrected chi connectivity index (χ1v) is 13.0. The molecule has 0 radical (unpaired) electrons. The van der Waals surface area contributed by atoms with Crippen molar-refractivity contribution in [2.75, 3.05) is 67.6 Å². The van der Waals surface area contributed by atoms with E-state index < -0.39 is 0 Å². The number of carbonyl (C=O) groups is 2. The lowest BCUT2D eigenvalue weighted by molar-refractivity contribution is 0.0376. The fourth-order valence-corrected chi connectivity index (χ4v) is 4.93. The first-order chi connectivity index (χ1) is 18.2. The van der Waals surface area contributed by atoms with Gasteiger partial charge in [0.1, 0.15) is 0 Å². The van der Waals surface area contributed by atoms with Gasteiger partial charge in [0.2, 0.25) is 0 Å². The zero-order valence-electron chi connectivity index (χ0n) is 21.0. The van der Waals surface area contributed by atoms with Crippen molar-refractivity contribution in [1.29, 1.82) is 0 Å². The highest BCUT2D eigenvalue weighted by molar-refractivity contribution is 6.08. The normalized spacial score (nSPS) is 16.1. The Balaban J connectivity index is 1.25. The predicted molar refractivity (Wildman–Crippen MR) is 145 cm³/mol. The maximum absolute atomic E-state index is 13.6. The van der Waals surface area contributed by atoms with Gasteiger partial charge in [0.25, 0.3) is 11.8 Å². The number of carbonyl (C=O) groups excluding carboxylic acids is 2. The van der Waals surface area contributed by atoms with Gasteiger partial charge in [-0.1, -0.05) is 12.1 Å². The Labute approximate surface area is 217 Å². The van der Waals surface area contributed by atoms with Gasteiger partial charge in [-0.3, -0.25) is 19.5 Å². The molecular weight excluding hydrogens is 466 g/mol. The maximum atomic E-state index is 13.6.